The lowest BCUT2D eigenvalue weighted by Crippen LogP contribution is -2.49. The highest BCUT2D eigenvalue weighted by Crippen LogP contribution is 2.17. The molecule has 0 aromatic heterocycles. The van der Waals surface area contributed by atoms with Crippen molar-refractivity contribution in [3.63, 3.8) is 0 Å². The Morgan fingerprint density at radius 1 is 1.75 bits per heavy atom. The van der Waals surface area contributed by atoms with Gasteiger partial charge in [-0.1, -0.05) is 5.11 Å². The van der Waals surface area contributed by atoms with Crippen LogP contribution in [0.1, 0.15) is 12.8 Å². The molecule has 1 heterocycles. The number of rotatable bonds is 6. The Hall–Kier alpha value is -1.30. The quantitative estimate of drug-likeness (QED) is 0.291. The van der Waals surface area contributed by atoms with Gasteiger partial charge in [-0.15, -0.1) is 0 Å². The number of nitrogens with zero attached hydrogens (tertiary/aromatic N) is 3. The molecule has 90 valence electrons. The SMILES string of the molecule is [N-]=[N+]=NCCNC(C(N)=O)C1CCCOC1. The van der Waals surface area contributed by atoms with E-state index < -0.39 is 6.04 Å². The van der Waals surface area contributed by atoms with Crippen LogP contribution in [0.2, 0.25) is 0 Å². The van der Waals surface area contributed by atoms with Crippen LogP contribution in [0, 0.1) is 5.92 Å². The maximum Gasteiger partial charge on any atom is 0.234 e. The van der Waals surface area contributed by atoms with Crippen molar-refractivity contribution in [3.05, 3.63) is 10.4 Å². The van der Waals surface area contributed by atoms with Gasteiger partial charge in [-0.2, -0.15) is 0 Å². The van der Waals surface area contributed by atoms with E-state index in [0.29, 0.717) is 19.7 Å². The molecule has 0 bridgehead atoms. The molecular weight excluding hydrogens is 210 g/mol. The minimum absolute atomic E-state index is 0.123. The predicted octanol–water partition coefficient (Wildman–Crippen LogP) is 0.167. The largest absolute Gasteiger partial charge is 0.381 e. The van der Waals surface area contributed by atoms with Crippen molar-refractivity contribution in [1.29, 1.82) is 0 Å². The molecule has 1 aliphatic rings. The topological polar surface area (TPSA) is 113 Å². The number of hydrogen-bond acceptors (Lipinski definition) is 4. The summed E-state index contributed by atoms with van der Waals surface area (Å²) in [5.41, 5.74) is 13.4. The predicted molar refractivity (Wildman–Crippen MR) is 58.5 cm³/mol. The molecule has 1 aliphatic heterocycles. The van der Waals surface area contributed by atoms with E-state index in [1.807, 2.05) is 0 Å². The standard InChI is InChI=1S/C9H17N5O2/c10-9(15)8(12-3-4-13-14-11)7-2-1-5-16-6-7/h7-8,12H,1-6H2,(H2,10,15). The van der Waals surface area contributed by atoms with Crippen LogP contribution in [0.25, 0.3) is 10.4 Å². The number of azide groups is 1. The van der Waals surface area contributed by atoms with Gasteiger partial charge in [-0.05, 0) is 18.4 Å². The van der Waals surface area contributed by atoms with Gasteiger partial charge in [-0.25, -0.2) is 0 Å². The van der Waals surface area contributed by atoms with Crippen molar-refractivity contribution < 1.29 is 9.53 Å². The van der Waals surface area contributed by atoms with Crippen molar-refractivity contribution in [2.75, 3.05) is 26.3 Å². The molecule has 3 N–H and O–H groups in total. The summed E-state index contributed by atoms with van der Waals surface area (Å²) in [4.78, 5) is 13.9. The third-order valence-corrected chi connectivity index (χ3v) is 2.61. The Balaban J connectivity index is 2.39. The lowest BCUT2D eigenvalue weighted by molar-refractivity contribution is -0.122. The number of carbonyl (C=O) groups is 1. The van der Waals surface area contributed by atoms with Crippen LogP contribution >= 0.6 is 0 Å². The molecule has 0 aromatic rings. The van der Waals surface area contributed by atoms with Crippen molar-refractivity contribution in [1.82, 2.24) is 5.32 Å². The van der Waals surface area contributed by atoms with Crippen LogP contribution in [-0.4, -0.2) is 38.3 Å². The Labute approximate surface area is 94.0 Å². The molecule has 0 spiro atoms. The molecule has 16 heavy (non-hydrogen) atoms. The number of hydrogen-bond donors (Lipinski definition) is 2. The third-order valence-electron chi connectivity index (χ3n) is 2.61. The van der Waals surface area contributed by atoms with E-state index in [-0.39, 0.29) is 11.8 Å². The molecule has 1 rings (SSSR count). The van der Waals surface area contributed by atoms with Gasteiger partial charge in [0.2, 0.25) is 5.91 Å². The van der Waals surface area contributed by atoms with Gasteiger partial charge in [0.1, 0.15) is 0 Å². The average molecular weight is 227 g/mol. The van der Waals surface area contributed by atoms with Gasteiger partial charge in [-0.3, -0.25) is 4.79 Å². The van der Waals surface area contributed by atoms with E-state index in [9.17, 15) is 4.79 Å². The summed E-state index contributed by atoms with van der Waals surface area (Å²) in [7, 11) is 0. The number of primary amides is 1. The molecule has 1 fully saturated rings. The summed E-state index contributed by atoms with van der Waals surface area (Å²) in [6.07, 6.45) is 1.88. The van der Waals surface area contributed by atoms with Gasteiger partial charge in [0.15, 0.2) is 0 Å². The van der Waals surface area contributed by atoms with E-state index in [1.165, 1.54) is 0 Å². The smallest absolute Gasteiger partial charge is 0.234 e. The zero-order chi connectivity index (χ0) is 11.8. The number of amides is 1. The van der Waals surface area contributed by atoms with Gasteiger partial charge in [0.05, 0.1) is 12.6 Å². The second-order valence-corrected chi connectivity index (χ2v) is 3.77. The first-order valence-corrected chi connectivity index (χ1v) is 5.37. The Morgan fingerprint density at radius 2 is 2.56 bits per heavy atom. The van der Waals surface area contributed by atoms with Crippen LogP contribution in [0.3, 0.4) is 0 Å². The molecular formula is C9H17N5O2. The molecule has 1 amide bonds. The molecule has 7 nitrogen and oxygen atoms in total. The number of nitrogens with two attached hydrogens (primary N) is 1. The fourth-order valence-corrected chi connectivity index (χ4v) is 1.84. The van der Waals surface area contributed by atoms with Crippen molar-refractivity contribution in [2.24, 2.45) is 16.8 Å². The lowest BCUT2D eigenvalue weighted by Gasteiger charge is -2.28. The van der Waals surface area contributed by atoms with E-state index in [2.05, 4.69) is 15.3 Å². The van der Waals surface area contributed by atoms with Crippen molar-refractivity contribution in [3.8, 4) is 0 Å². The highest BCUT2D eigenvalue weighted by Gasteiger charge is 2.27. The molecule has 2 atom stereocenters. The minimum Gasteiger partial charge on any atom is -0.381 e. The fourth-order valence-electron chi connectivity index (χ4n) is 1.84. The number of ether oxygens (including phenoxy) is 1. The maximum absolute atomic E-state index is 11.3. The number of nitrogens with one attached hydrogen (secondary N) is 1. The van der Waals surface area contributed by atoms with Crippen LogP contribution in [0.4, 0.5) is 0 Å². The second-order valence-electron chi connectivity index (χ2n) is 3.77. The Morgan fingerprint density at radius 3 is 3.12 bits per heavy atom. The Kier molecular flexibility index (Phi) is 5.63. The van der Waals surface area contributed by atoms with Gasteiger partial charge < -0.3 is 15.8 Å². The monoisotopic (exact) mass is 227 g/mol. The first-order chi connectivity index (χ1) is 7.75. The summed E-state index contributed by atoms with van der Waals surface area (Å²) in [5.74, 6) is -0.256. The fraction of sp³-hybridized carbons (Fsp3) is 0.889. The molecule has 1 saturated heterocycles. The maximum atomic E-state index is 11.3. The van der Waals surface area contributed by atoms with Gasteiger partial charge >= 0.3 is 0 Å². The van der Waals surface area contributed by atoms with E-state index in [0.717, 1.165) is 19.4 Å². The van der Waals surface area contributed by atoms with Crippen LogP contribution in [0.5, 0.6) is 0 Å². The van der Waals surface area contributed by atoms with Crippen molar-refractivity contribution in [2.45, 2.75) is 18.9 Å². The first kappa shape index (κ1) is 12.8. The Bertz CT molecular complexity index is 271. The average Bonchev–Trinajstić information content (AvgIpc) is 2.30. The molecule has 0 aliphatic carbocycles. The highest BCUT2D eigenvalue weighted by molar-refractivity contribution is 5.80. The van der Waals surface area contributed by atoms with E-state index in [1.54, 1.807) is 0 Å². The number of carbonyl (C=O) groups excluding carboxylic acids is 1. The first-order valence-electron chi connectivity index (χ1n) is 5.37. The summed E-state index contributed by atoms with van der Waals surface area (Å²) in [5, 5.41) is 6.39. The summed E-state index contributed by atoms with van der Waals surface area (Å²) in [6.45, 7) is 2.07. The zero-order valence-corrected chi connectivity index (χ0v) is 9.13. The van der Waals surface area contributed by atoms with Gasteiger partial charge in [0.25, 0.3) is 0 Å². The molecule has 2 unspecified atom stereocenters. The van der Waals surface area contributed by atoms with Crippen LogP contribution in [-0.2, 0) is 9.53 Å². The highest BCUT2D eigenvalue weighted by atomic mass is 16.5. The van der Waals surface area contributed by atoms with Gasteiger partial charge in [0, 0.05) is 30.5 Å². The van der Waals surface area contributed by atoms with Crippen molar-refractivity contribution >= 4 is 5.91 Å². The van der Waals surface area contributed by atoms with E-state index in [4.69, 9.17) is 16.0 Å². The van der Waals surface area contributed by atoms with Crippen LogP contribution in [0.15, 0.2) is 5.11 Å². The minimum atomic E-state index is -0.394. The lowest BCUT2D eigenvalue weighted by atomic mass is 9.93. The van der Waals surface area contributed by atoms with Crippen LogP contribution < -0.4 is 11.1 Å². The van der Waals surface area contributed by atoms with E-state index >= 15 is 0 Å². The summed E-state index contributed by atoms with van der Waals surface area (Å²) >= 11 is 0. The zero-order valence-electron chi connectivity index (χ0n) is 9.13. The molecule has 0 radical (unpaired) electrons. The summed E-state index contributed by atoms with van der Waals surface area (Å²) < 4.78 is 5.31. The molecule has 0 saturated carbocycles. The third kappa shape index (κ3) is 4.06. The molecule has 0 aromatic carbocycles. The summed E-state index contributed by atoms with van der Waals surface area (Å²) in [6, 6.07) is -0.394. The normalized spacial score (nSPS) is 22.1. The molecule has 7 heteroatoms. The second kappa shape index (κ2) is 7.05.